The van der Waals surface area contributed by atoms with Crippen LogP contribution in [0.15, 0.2) is 18.2 Å². The summed E-state index contributed by atoms with van der Waals surface area (Å²) in [4.78, 5) is 14.5. The van der Waals surface area contributed by atoms with Crippen molar-refractivity contribution in [2.75, 3.05) is 17.2 Å². The molecule has 1 atom stereocenters. The maximum Gasteiger partial charge on any atom is 0.230 e. The van der Waals surface area contributed by atoms with E-state index < -0.39 is 0 Å². The zero-order valence-corrected chi connectivity index (χ0v) is 11.1. The maximum atomic E-state index is 12.5. The molecule has 1 aliphatic carbocycles. The lowest BCUT2D eigenvalue weighted by Crippen LogP contribution is -2.37. The van der Waals surface area contributed by atoms with Gasteiger partial charge in [-0.1, -0.05) is 19.9 Å². The van der Waals surface area contributed by atoms with Gasteiger partial charge in [-0.3, -0.25) is 4.79 Å². The molecule has 2 N–H and O–H groups in total. The first-order valence-electron chi connectivity index (χ1n) is 6.69. The molecule has 1 aromatic rings. The van der Waals surface area contributed by atoms with Gasteiger partial charge in [-0.2, -0.15) is 0 Å². The van der Waals surface area contributed by atoms with Crippen molar-refractivity contribution in [3.05, 3.63) is 23.8 Å². The molecule has 1 fully saturated rings. The van der Waals surface area contributed by atoms with Crippen molar-refractivity contribution in [1.82, 2.24) is 0 Å². The molecule has 0 spiro atoms. The lowest BCUT2D eigenvalue weighted by molar-refractivity contribution is -0.120. The third-order valence-electron chi connectivity index (χ3n) is 4.36. The summed E-state index contributed by atoms with van der Waals surface area (Å²) in [6.07, 6.45) is 3.01. The Kier molecular flexibility index (Phi) is 2.40. The Morgan fingerprint density at radius 3 is 2.83 bits per heavy atom. The van der Waals surface area contributed by atoms with Crippen molar-refractivity contribution >= 4 is 17.3 Å². The molecule has 18 heavy (non-hydrogen) atoms. The molecule has 1 unspecified atom stereocenters. The third kappa shape index (κ3) is 1.69. The van der Waals surface area contributed by atoms with Crippen molar-refractivity contribution in [2.24, 2.45) is 11.3 Å². The normalized spacial score (nSPS) is 24.6. The Labute approximate surface area is 108 Å². The molecule has 3 heteroatoms. The summed E-state index contributed by atoms with van der Waals surface area (Å²) in [6.45, 7) is 5.17. The van der Waals surface area contributed by atoms with Crippen LogP contribution in [-0.2, 0) is 11.2 Å². The average molecular weight is 244 g/mol. The first-order chi connectivity index (χ1) is 8.50. The number of fused-ring (bicyclic) bond motifs is 1. The van der Waals surface area contributed by atoms with Gasteiger partial charge in [0.1, 0.15) is 0 Å². The van der Waals surface area contributed by atoms with E-state index in [2.05, 4.69) is 13.8 Å². The topological polar surface area (TPSA) is 46.3 Å². The molecule has 2 aliphatic rings. The van der Waals surface area contributed by atoms with Crippen molar-refractivity contribution in [1.29, 1.82) is 0 Å². The zero-order chi connectivity index (χ0) is 12.9. The van der Waals surface area contributed by atoms with Gasteiger partial charge in [0.15, 0.2) is 0 Å². The Balaban J connectivity index is 1.92. The maximum absolute atomic E-state index is 12.5. The molecule has 1 amide bonds. The van der Waals surface area contributed by atoms with E-state index in [1.165, 1.54) is 0 Å². The van der Waals surface area contributed by atoms with Gasteiger partial charge in [-0.25, -0.2) is 0 Å². The second-order valence-corrected chi connectivity index (χ2v) is 6.18. The van der Waals surface area contributed by atoms with Crippen LogP contribution in [-0.4, -0.2) is 12.5 Å². The van der Waals surface area contributed by atoms with E-state index in [9.17, 15) is 4.79 Å². The number of carbonyl (C=O) groups is 1. The predicted octanol–water partition coefficient (Wildman–Crippen LogP) is 2.59. The highest BCUT2D eigenvalue weighted by Crippen LogP contribution is 2.53. The van der Waals surface area contributed by atoms with Crippen molar-refractivity contribution in [3.8, 4) is 0 Å². The fourth-order valence-electron chi connectivity index (χ4n) is 2.96. The van der Waals surface area contributed by atoms with E-state index in [0.717, 1.165) is 42.7 Å². The van der Waals surface area contributed by atoms with Gasteiger partial charge in [-0.05, 0) is 42.4 Å². The van der Waals surface area contributed by atoms with Gasteiger partial charge in [0, 0.05) is 23.8 Å². The fraction of sp³-hybridized carbons (Fsp3) is 0.533. The Morgan fingerprint density at radius 2 is 2.17 bits per heavy atom. The lowest BCUT2D eigenvalue weighted by atomic mass is 9.99. The molecule has 0 bridgehead atoms. The molecular formula is C15H20N2O. The van der Waals surface area contributed by atoms with Gasteiger partial charge in [0.2, 0.25) is 5.91 Å². The first-order valence-corrected chi connectivity index (χ1v) is 6.69. The van der Waals surface area contributed by atoms with Crippen LogP contribution in [0, 0.1) is 11.3 Å². The van der Waals surface area contributed by atoms with E-state index in [-0.39, 0.29) is 17.2 Å². The molecule has 1 aromatic carbocycles. The first kappa shape index (κ1) is 11.6. The SMILES string of the molecule is CC1(C)CC1C(=O)N1CCCc2c(N)cccc21. The van der Waals surface area contributed by atoms with Gasteiger partial charge < -0.3 is 10.6 Å². The molecule has 0 aromatic heterocycles. The minimum atomic E-state index is 0.190. The highest BCUT2D eigenvalue weighted by molar-refractivity contribution is 5.99. The Morgan fingerprint density at radius 1 is 1.44 bits per heavy atom. The molecule has 3 rings (SSSR count). The van der Waals surface area contributed by atoms with Crippen molar-refractivity contribution in [2.45, 2.75) is 33.1 Å². The summed E-state index contributed by atoms with van der Waals surface area (Å²) in [5.74, 6) is 0.483. The van der Waals surface area contributed by atoms with E-state index in [4.69, 9.17) is 5.73 Å². The number of nitrogens with two attached hydrogens (primary N) is 1. The number of nitrogen functional groups attached to an aromatic ring is 1. The highest BCUT2D eigenvalue weighted by Gasteiger charge is 2.52. The molecule has 0 saturated heterocycles. The van der Waals surface area contributed by atoms with Crippen LogP contribution >= 0.6 is 0 Å². The molecule has 3 nitrogen and oxygen atoms in total. The molecule has 1 heterocycles. The molecule has 1 aliphatic heterocycles. The minimum absolute atomic E-state index is 0.190. The van der Waals surface area contributed by atoms with Crippen LogP contribution in [0.3, 0.4) is 0 Å². The number of rotatable bonds is 1. The van der Waals surface area contributed by atoms with Crippen LogP contribution in [0.25, 0.3) is 0 Å². The average Bonchev–Trinajstić information content (AvgIpc) is 2.98. The van der Waals surface area contributed by atoms with Crippen LogP contribution in [0.5, 0.6) is 0 Å². The van der Waals surface area contributed by atoms with Gasteiger partial charge in [0.25, 0.3) is 0 Å². The summed E-state index contributed by atoms with van der Waals surface area (Å²) in [5, 5.41) is 0. The van der Waals surface area contributed by atoms with Gasteiger partial charge in [0.05, 0.1) is 0 Å². The number of carbonyl (C=O) groups excluding carboxylic acids is 1. The van der Waals surface area contributed by atoms with E-state index >= 15 is 0 Å². The number of hydrogen-bond acceptors (Lipinski definition) is 2. The number of anilines is 2. The van der Waals surface area contributed by atoms with E-state index in [1.807, 2.05) is 23.1 Å². The molecule has 96 valence electrons. The second kappa shape index (κ2) is 3.74. The fourth-order valence-corrected chi connectivity index (χ4v) is 2.96. The molecular weight excluding hydrogens is 224 g/mol. The van der Waals surface area contributed by atoms with E-state index in [0.29, 0.717) is 0 Å². The monoisotopic (exact) mass is 244 g/mol. The van der Waals surface area contributed by atoms with E-state index in [1.54, 1.807) is 0 Å². The largest absolute Gasteiger partial charge is 0.398 e. The van der Waals surface area contributed by atoms with Crippen LogP contribution < -0.4 is 10.6 Å². The summed E-state index contributed by atoms with van der Waals surface area (Å²) in [5.41, 5.74) is 9.20. The predicted molar refractivity (Wildman–Crippen MR) is 73.4 cm³/mol. The smallest absolute Gasteiger partial charge is 0.230 e. The molecule has 1 saturated carbocycles. The van der Waals surface area contributed by atoms with Crippen LogP contribution in [0.4, 0.5) is 11.4 Å². The van der Waals surface area contributed by atoms with Gasteiger partial charge >= 0.3 is 0 Å². The second-order valence-electron chi connectivity index (χ2n) is 6.18. The summed E-state index contributed by atoms with van der Waals surface area (Å²) in [6, 6.07) is 5.89. The molecule has 0 radical (unpaired) electrons. The Hall–Kier alpha value is -1.51. The quantitative estimate of drug-likeness (QED) is 0.772. The summed E-state index contributed by atoms with van der Waals surface area (Å²) in [7, 11) is 0. The highest BCUT2D eigenvalue weighted by atomic mass is 16.2. The van der Waals surface area contributed by atoms with Crippen molar-refractivity contribution < 1.29 is 4.79 Å². The number of benzene rings is 1. The van der Waals surface area contributed by atoms with Crippen LogP contribution in [0.1, 0.15) is 32.3 Å². The standard InChI is InChI=1S/C15H20N2O/c1-15(2)9-11(15)14(18)17-8-4-5-10-12(16)6-3-7-13(10)17/h3,6-7,11H,4-5,8-9,16H2,1-2H3. The lowest BCUT2D eigenvalue weighted by Gasteiger charge is -2.30. The number of amides is 1. The summed E-state index contributed by atoms with van der Waals surface area (Å²) < 4.78 is 0. The Bertz CT molecular complexity index is 507. The summed E-state index contributed by atoms with van der Waals surface area (Å²) >= 11 is 0. The van der Waals surface area contributed by atoms with Gasteiger partial charge in [-0.15, -0.1) is 0 Å². The zero-order valence-electron chi connectivity index (χ0n) is 11.1. The van der Waals surface area contributed by atoms with Crippen molar-refractivity contribution in [3.63, 3.8) is 0 Å². The number of hydrogen-bond donors (Lipinski definition) is 1. The third-order valence-corrected chi connectivity index (χ3v) is 4.36. The van der Waals surface area contributed by atoms with Crippen LogP contribution in [0.2, 0.25) is 0 Å². The number of nitrogens with zero attached hydrogens (tertiary/aromatic N) is 1. The minimum Gasteiger partial charge on any atom is -0.398 e.